The van der Waals surface area contributed by atoms with Gasteiger partial charge in [0.05, 0.1) is 0 Å². The summed E-state index contributed by atoms with van der Waals surface area (Å²) in [5.74, 6) is -4.39. The summed E-state index contributed by atoms with van der Waals surface area (Å²) in [6.07, 6.45) is 0.635. The third-order valence-electron chi connectivity index (χ3n) is 5.87. The van der Waals surface area contributed by atoms with Gasteiger partial charge in [-0.15, -0.1) is 0 Å². The van der Waals surface area contributed by atoms with E-state index < -0.39 is 22.3 Å². The van der Waals surface area contributed by atoms with Crippen molar-refractivity contribution in [3.63, 3.8) is 0 Å². The van der Waals surface area contributed by atoms with E-state index in [1.807, 2.05) is 91.0 Å². The average molecular weight is 478 g/mol. The summed E-state index contributed by atoms with van der Waals surface area (Å²) in [5.41, 5.74) is -0.175. The van der Waals surface area contributed by atoms with Crippen molar-refractivity contribution in [3.8, 4) is 5.75 Å². The fourth-order valence-corrected chi connectivity index (χ4v) is 10.4. The molecule has 5 nitrogen and oxygen atoms in total. The second-order valence-electron chi connectivity index (χ2n) is 7.78. The number of nitro benzene ring substituents is 1. The molecule has 0 atom stereocenters. The molecule has 33 heavy (non-hydrogen) atoms. The van der Waals surface area contributed by atoms with Crippen molar-refractivity contribution in [2.24, 2.45) is 0 Å². The number of rotatable bonds is 7. The van der Waals surface area contributed by atoms with Crippen LogP contribution in [-0.2, 0) is 6.16 Å². The minimum atomic E-state index is -3.74. The van der Waals surface area contributed by atoms with Gasteiger partial charge in [0.15, 0.2) is 0 Å². The molecule has 0 saturated heterocycles. The number of nitro groups is 1. The number of benzene rings is 4. The number of aromatic hydroxyl groups is 1. The molecular weight excluding hydrogens is 457 g/mol. The van der Waals surface area contributed by atoms with Crippen molar-refractivity contribution in [2.75, 3.05) is 0 Å². The summed E-state index contributed by atoms with van der Waals surface area (Å²) in [4.78, 5) is 22.5. The van der Waals surface area contributed by atoms with Crippen LogP contribution in [0.15, 0.2) is 103 Å². The molecule has 0 spiro atoms. The van der Waals surface area contributed by atoms with Crippen LogP contribution in [0.4, 0.5) is 5.69 Å². The van der Waals surface area contributed by atoms with Crippen molar-refractivity contribution in [1.82, 2.24) is 0 Å². The van der Waals surface area contributed by atoms with Crippen LogP contribution < -0.4 is 15.9 Å². The molecule has 0 radical (unpaired) electrons. The standard InChI is InChI=1S/C26H21ClNO4P/c27-33(22-10-4-1-5-11-22,23-12-6-2-7-13-23,24-14-8-3-9-15-24)19-20-16-21(18-29)26(30)25(17-20)28(31)32/h1-18,30H,19H2. The van der Waals surface area contributed by atoms with E-state index in [0.29, 0.717) is 11.8 Å². The van der Waals surface area contributed by atoms with E-state index in [0.717, 1.165) is 15.9 Å². The third-order valence-corrected chi connectivity index (χ3v) is 13.1. The first-order valence-corrected chi connectivity index (χ1v) is 13.6. The Kier molecular flexibility index (Phi) is 6.03. The predicted molar refractivity (Wildman–Crippen MR) is 135 cm³/mol. The molecule has 0 saturated carbocycles. The Labute approximate surface area is 196 Å². The van der Waals surface area contributed by atoms with Crippen LogP contribution in [0.3, 0.4) is 0 Å². The normalized spacial score (nSPS) is 12.5. The number of aldehydes is 1. The molecule has 0 aliphatic rings. The summed E-state index contributed by atoms with van der Waals surface area (Å²) in [7, 11) is 0. The zero-order valence-corrected chi connectivity index (χ0v) is 19.2. The van der Waals surface area contributed by atoms with E-state index >= 15 is 0 Å². The summed E-state index contributed by atoms with van der Waals surface area (Å²) in [5, 5.41) is 24.5. The van der Waals surface area contributed by atoms with Crippen LogP contribution in [0.25, 0.3) is 0 Å². The topological polar surface area (TPSA) is 80.4 Å². The zero-order chi connectivity index (χ0) is 23.5. The second kappa shape index (κ2) is 8.78. The van der Waals surface area contributed by atoms with E-state index in [1.54, 1.807) is 0 Å². The van der Waals surface area contributed by atoms with Gasteiger partial charge in [0, 0.05) is 0 Å². The Morgan fingerprint density at radius 2 is 1.24 bits per heavy atom. The molecule has 166 valence electrons. The number of hydrogen-bond acceptors (Lipinski definition) is 4. The zero-order valence-electron chi connectivity index (χ0n) is 17.5. The molecule has 0 heterocycles. The van der Waals surface area contributed by atoms with Crippen molar-refractivity contribution in [2.45, 2.75) is 6.16 Å². The third kappa shape index (κ3) is 3.80. The van der Waals surface area contributed by atoms with Crippen LogP contribution >= 0.6 is 17.2 Å². The number of carbonyl (C=O) groups excluding carboxylic acids is 1. The molecule has 0 amide bonds. The molecular formula is C26H21ClNO4P. The Bertz CT molecular complexity index is 1220. The van der Waals surface area contributed by atoms with Gasteiger partial charge >= 0.3 is 196 Å². The van der Waals surface area contributed by atoms with Gasteiger partial charge in [0.25, 0.3) is 0 Å². The monoisotopic (exact) mass is 477 g/mol. The van der Waals surface area contributed by atoms with E-state index in [9.17, 15) is 20.0 Å². The van der Waals surface area contributed by atoms with Gasteiger partial charge in [-0.05, 0) is 0 Å². The summed E-state index contributed by atoms with van der Waals surface area (Å²) >= 11 is 7.99. The van der Waals surface area contributed by atoms with Crippen molar-refractivity contribution < 1.29 is 14.8 Å². The van der Waals surface area contributed by atoms with Gasteiger partial charge < -0.3 is 0 Å². The fourth-order valence-electron chi connectivity index (χ4n) is 4.30. The first kappa shape index (κ1) is 22.7. The minimum absolute atomic E-state index is 0.143. The second-order valence-corrected chi connectivity index (χ2v) is 14.2. The van der Waals surface area contributed by atoms with E-state index in [1.165, 1.54) is 12.1 Å². The average Bonchev–Trinajstić information content (AvgIpc) is 2.86. The molecule has 4 aromatic rings. The number of phenolic OH excluding ortho intramolecular Hbond substituents is 1. The Morgan fingerprint density at radius 1 is 0.818 bits per heavy atom. The maximum atomic E-state index is 11.6. The number of carbonyl (C=O) groups is 1. The Balaban J connectivity index is 2.10. The van der Waals surface area contributed by atoms with Gasteiger partial charge in [-0.2, -0.15) is 0 Å². The van der Waals surface area contributed by atoms with Gasteiger partial charge in [-0.3, -0.25) is 0 Å². The van der Waals surface area contributed by atoms with E-state index in [-0.39, 0.29) is 11.7 Å². The van der Waals surface area contributed by atoms with E-state index in [4.69, 9.17) is 11.2 Å². The number of halogens is 1. The number of phenols is 1. The van der Waals surface area contributed by atoms with E-state index in [2.05, 4.69) is 0 Å². The van der Waals surface area contributed by atoms with Crippen LogP contribution in [0, 0.1) is 10.1 Å². The molecule has 0 aliphatic carbocycles. The number of hydrogen-bond donors (Lipinski definition) is 1. The van der Waals surface area contributed by atoms with Crippen molar-refractivity contribution >= 4 is 45.1 Å². The van der Waals surface area contributed by atoms with Gasteiger partial charge in [0.2, 0.25) is 0 Å². The van der Waals surface area contributed by atoms with Crippen molar-refractivity contribution in [1.29, 1.82) is 0 Å². The van der Waals surface area contributed by atoms with Crippen molar-refractivity contribution in [3.05, 3.63) is 124 Å². The first-order chi connectivity index (χ1) is 15.9. The Morgan fingerprint density at radius 3 is 1.61 bits per heavy atom. The summed E-state index contributed by atoms with van der Waals surface area (Å²) in [6, 6.07) is 31.9. The van der Waals surface area contributed by atoms with Crippen LogP contribution in [0.1, 0.15) is 15.9 Å². The molecule has 4 aromatic carbocycles. The molecule has 0 aliphatic heterocycles. The predicted octanol–water partition coefficient (Wildman–Crippen LogP) is 5.30. The molecule has 0 aromatic heterocycles. The quantitative estimate of drug-likeness (QED) is 0.169. The SMILES string of the molecule is O=Cc1cc(CP(Cl)(c2ccccc2)(c2ccccc2)c2ccccc2)cc([N+](=O)[O-])c1O. The molecule has 4 rings (SSSR count). The Hall–Kier alpha value is -3.53. The van der Waals surface area contributed by atoms with Gasteiger partial charge in [-0.1, -0.05) is 0 Å². The maximum absolute atomic E-state index is 11.6. The fraction of sp³-hybridized carbons (Fsp3) is 0.0385. The molecule has 0 bridgehead atoms. The molecule has 0 unspecified atom stereocenters. The molecule has 0 fully saturated rings. The summed E-state index contributed by atoms with van der Waals surface area (Å²) < 4.78 is 0. The van der Waals surface area contributed by atoms with Crippen LogP contribution in [0.2, 0.25) is 0 Å². The van der Waals surface area contributed by atoms with Crippen LogP contribution in [0.5, 0.6) is 5.75 Å². The number of nitrogens with zero attached hydrogens (tertiary/aromatic N) is 1. The molecule has 7 heteroatoms. The van der Waals surface area contributed by atoms with Gasteiger partial charge in [0.1, 0.15) is 0 Å². The molecule has 1 N–H and O–H groups in total. The van der Waals surface area contributed by atoms with Gasteiger partial charge in [-0.25, -0.2) is 0 Å². The van der Waals surface area contributed by atoms with Crippen LogP contribution in [-0.4, -0.2) is 16.3 Å². The summed E-state index contributed by atoms with van der Waals surface area (Å²) in [6.45, 7) is 0. The first-order valence-electron chi connectivity index (χ1n) is 10.2.